The number of anilines is 1. The number of rotatable bonds is 6. The van der Waals surface area contributed by atoms with Crippen LogP contribution in [0.15, 0.2) is 64.8 Å². The SMILES string of the molecule is COc1cc(OC)cc(N2C(=O)C(=O)/C(=C(\O)c3cc(F)ccc3OC)C2c2ccco2)c1. The summed E-state index contributed by atoms with van der Waals surface area (Å²) in [5, 5.41) is 11.1. The highest BCUT2D eigenvalue weighted by Crippen LogP contribution is 2.44. The number of ketones is 1. The zero-order valence-electron chi connectivity index (χ0n) is 18.0. The quantitative estimate of drug-likeness (QED) is 0.341. The number of hydrogen-bond acceptors (Lipinski definition) is 7. The molecule has 1 unspecified atom stereocenters. The van der Waals surface area contributed by atoms with Gasteiger partial charge in [-0.05, 0) is 30.3 Å². The minimum absolute atomic E-state index is 0.0738. The maximum atomic E-state index is 14.0. The molecule has 1 aliphatic heterocycles. The van der Waals surface area contributed by atoms with Gasteiger partial charge in [-0.3, -0.25) is 14.5 Å². The van der Waals surface area contributed by atoms with Crippen LogP contribution in [0.25, 0.3) is 5.76 Å². The number of carbonyl (C=O) groups excluding carboxylic acids is 2. The Labute approximate surface area is 188 Å². The number of methoxy groups -OCH3 is 3. The second kappa shape index (κ2) is 8.70. The van der Waals surface area contributed by atoms with Crippen LogP contribution in [0.4, 0.5) is 10.1 Å². The fraction of sp³-hybridized carbons (Fsp3) is 0.167. The van der Waals surface area contributed by atoms with E-state index in [0.29, 0.717) is 11.5 Å². The molecule has 2 aromatic carbocycles. The van der Waals surface area contributed by atoms with Gasteiger partial charge < -0.3 is 23.7 Å². The monoisotopic (exact) mass is 453 g/mol. The Kier molecular flexibility index (Phi) is 5.78. The molecular formula is C24H20FNO7. The summed E-state index contributed by atoms with van der Waals surface area (Å²) in [5.74, 6) is -2.02. The second-order valence-electron chi connectivity index (χ2n) is 7.10. The number of halogens is 1. The smallest absolute Gasteiger partial charge is 0.300 e. The van der Waals surface area contributed by atoms with Crippen molar-refractivity contribution in [1.82, 2.24) is 0 Å². The first-order valence-electron chi connectivity index (χ1n) is 9.81. The summed E-state index contributed by atoms with van der Waals surface area (Å²) in [5.41, 5.74) is -0.0733. The lowest BCUT2D eigenvalue weighted by Crippen LogP contribution is -2.29. The molecule has 170 valence electrons. The molecule has 33 heavy (non-hydrogen) atoms. The van der Waals surface area contributed by atoms with Gasteiger partial charge in [0.25, 0.3) is 11.7 Å². The molecule has 0 spiro atoms. The van der Waals surface area contributed by atoms with Gasteiger partial charge in [-0.1, -0.05) is 0 Å². The summed E-state index contributed by atoms with van der Waals surface area (Å²) in [6.07, 6.45) is 1.38. The number of ether oxygens (including phenoxy) is 3. The molecule has 0 saturated carbocycles. The van der Waals surface area contributed by atoms with Crippen molar-refractivity contribution in [3.05, 3.63) is 77.5 Å². The van der Waals surface area contributed by atoms with Gasteiger partial charge in [0.1, 0.15) is 40.6 Å². The van der Waals surface area contributed by atoms with Gasteiger partial charge in [-0.15, -0.1) is 0 Å². The maximum Gasteiger partial charge on any atom is 0.300 e. The van der Waals surface area contributed by atoms with Crippen molar-refractivity contribution in [3.63, 3.8) is 0 Å². The van der Waals surface area contributed by atoms with Crippen LogP contribution in [0.1, 0.15) is 17.4 Å². The highest BCUT2D eigenvalue weighted by atomic mass is 19.1. The standard InChI is InChI=1S/C24H20FNO7/c1-30-15-10-14(11-16(12-15)31-2)26-21(19-5-4-8-33-19)20(23(28)24(26)29)22(27)17-9-13(25)6-7-18(17)32-3/h4-12,21,27H,1-3H3/b22-20-. The van der Waals surface area contributed by atoms with E-state index in [4.69, 9.17) is 18.6 Å². The Balaban J connectivity index is 1.97. The van der Waals surface area contributed by atoms with Crippen LogP contribution < -0.4 is 19.1 Å². The van der Waals surface area contributed by atoms with E-state index in [1.54, 1.807) is 30.3 Å². The summed E-state index contributed by atoms with van der Waals surface area (Å²) in [7, 11) is 4.25. The molecule has 1 aromatic heterocycles. The average molecular weight is 453 g/mol. The van der Waals surface area contributed by atoms with Crippen molar-refractivity contribution in [1.29, 1.82) is 0 Å². The third-order valence-corrected chi connectivity index (χ3v) is 5.29. The van der Waals surface area contributed by atoms with Crippen LogP contribution >= 0.6 is 0 Å². The first-order valence-corrected chi connectivity index (χ1v) is 9.81. The Bertz CT molecular complexity index is 1230. The minimum atomic E-state index is -1.13. The third-order valence-electron chi connectivity index (χ3n) is 5.29. The topological polar surface area (TPSA) is 98.4 Å². The fourth-order valence-corrected chi connectivity index (χ4v) is 3.76. The van der Waals surface area contributed by atoms with E-state index >= 15 is 0 Å². The molecule has 2 heterocycles. The zero-order chi connectivity index (χ0) is 23.7. The lowest BCUT2D eigenvalue weighted by atomic mass is 9.98. The Morgan fingerprint density at radius 1 is 1.00 bits per heavy atom. The Morgan fingerprint density at radius 3 is 2.27 bits per heavy atom. The van der Waals surface area contributed by atoms with Crippen LogP contribution in [0.2, 0.25) is 0 Å². The normalized spacial score (nSPS) is 17.3. The average Bonchev–Trinajstić information content (AvgIpc) is 3.45. The minimum Gasteiger partial charge on any atom is -0.507 e. The number of amides is 1. The molecule has 1 fully saturated rings. The van der Waals surface area contributed by atoms with E-state index in [0.717, 1.165) is 12.1 Å². The Hall–Kier alpha value is -4.27. The maximum absolute atomic E-state index is 14.0. The van der Waals surface area contributed by atoms with Crippen LogP contribution in [0.5, 0.6) is 17.2 Å². The fourth-order valence-electron chi connectivity index (χ4n) is 3.76. The largest absolute Gasteiger partial charge is 0.507 e. The molecule has 1 saturated heterocycles. The van der Waals surface area contributed by atoms with Crippen LogP contribution in [-0.2, 0) is 9.59 Å². The highest BCUT2D eigenvalue weighted by molar-refractivity contribution is 6.51. The predicted octanol–water partition coefficient (Wildman–Crippen LogP) is 4.07. The van der Waals surface area contributed by atoms with E-state index in [-0.39, 0.29) is 28.3 Å². The number of carbonyl (C=O) groups is 2. The molecule has 9 heteroatoms. The van der Waals surface area contributed by atoms with E-state index in [2.05, 4.69) is 0 Å². The summed E-state index contributed by atoms with van der Waals surface area (Å²) in [4.78, 5) is 27.5. The van der Waals surface area contributed by atoms with E-state index in [1.807, 2.05) is 0 Å². The van der Waals surface area contributed by atoms with Crippen molar-refractivity contribution in [2.75, 3.05) is 26.2 Å². The number of hydrogen-bond donors (Lipinski definition) is 1. The first kappa shape index (κ1) is 21.9. The lowest BCUT2D eigenvalue weighted by molar-refractivity contribution is -0.132. The van der Waals surface area contributed by atoms with Gasteiger partial charge in [-0.25, -0.2) is 4.39 Å². The second-order valence-corrected chi connectivity index (χ2v) is 7.10. The molecule has 0 radical (unpaired) electrons. The summed E-state index contributed by atoms with van der Waals surface area (Å²) >= 11 is 0. The van der Waals surface area contributed by atoms with E-state index in [9.17, 15) is 19.1 Å². The molecule has 1 N–H and O–H groups in total. The molecule has 1 aliphatic rings. The van der Waals surface area contributed by atoms with Gasteiger partial charge in [0.15, 0.2) is 0 Å². The molecule has 0 aliphatic carbocycles. The van der Waals surface area contributed by atoms with Gasteiger partial charge in [0.05, 0.1) is 44.4 Å². The first-order chi connectivity index (χ1) is 15.9. The lowest BCUT2D eigenvalue weighted by Gasteiger charge is -2.24. The number of nitrogens with zero attached hydrogens (tertiary/aromatic N) is 1. The Morgan fingerprint density at radius 2 is 1.70 bits per heavy atom. The summed E-state index contributed by atoms with van der Waals surface area (Å²) < 4.78 is 35.3. The molecule has 1 amide bonds. The van der Waals surface area contributed by atoms with Crippen LogP contribution in [-0.4, -0.2) is 38.1 Å². The summed E-state index contributed by atoms with van der Waals surface area (Å²) in [6, 6.07) is 10.2. The zero-order valence-corrected chi connectivity index (χ0v) is 18.0. The van der Waals surface area contributed by atoms with Gasteiger partial charge >= 0.3 is 0 Å². The molecule has 3 aromatic rings. The van der Waals surface area contributed by atoms with Crippen molar-refractivity contribution in [3.8, 4) is 17.2 Å². The van der Waals surface area contributed by atoms with Crippen molar-refractivity contribution in [2.24, 2.45) is 0 Å². The molecule has 1 atom stereocenters. The highest BCUT2D eigenvalue weighted by Gasteiger charge is 2.48. The van der Waals surface area contributed by atoms with Crippen LogP contribution in [0, 0.1) is 5.82 Å². The van der Waals surface area contributed by atoms with E-state index in [1.165, 1.54) is 38.6 Å². The number of Topliss-reactive ketones (excluding diaryl/α,β-unsaturated/α-hetero) is 1. The van der Waals surface area contributed by atoms with Gasteiger partial charge in [0.2, 0.25) is 0 Å². The number of aliphatic hydroxyl groups excluding tert-OH is 1. The molecule has 8 nitrogen and oxygen atoms in total. The third kappa shape index (κ3) is 3.78. The van der Waals surface area contributed by atoms with Crippen LogP contribution in [0.3, 0.4) is 0 Å². The number of benzene rings is 2. The van der Waals surface area contributed by atoms with Gasteiger partial charge in [0, 0.05) is 18.2 Å². The molecular weight excluding hydrogens is 433 g/mol. The number of aliphatic hydroxyl groups is 1. The van der Waals surface area contributed by atoms with Crippen molar-refractivity contribution in [2.45, 2.75) is 6.04 Å². The predicted molar refractivity (Wildman–Crippen MR) is 116 cm³/mol. The molecule has 4 rings (SSSR count). The van der Waals surface area contributed by atoms with Gasteiger partial charge in [-0.2, -0.15) is 0 Å². The summed E-state index contributed by atoms with van der Waals surface area (Å²) in [6.45, 7) is 0. The van der Waals surface area contributed by atoms with Crippen molar-refractivity contribution >= 4 is 23.1 Å². The van der Waals surface area contributed by atoms with Crippen molar-refractivity contribution < 1.29 is 37.7 Å². The molecule has 0 bridgehead atoms. The number of furan rings is 1. The van der Waals surface area contributed by atoms with E-state index < -0.39 is 29.3 Å².